The Bertz CT molecular complexity index is 887. The van der Waals surface area contributed by atoms with E-state index in [1.165, 1.54) is 12.1 Å². The molecule has 1 saturated carbocycles. The van der Waals surface area contributed by atoms with Crippen LogP contribution in [0.5, 0.6) is 0 Å². The Morgan fingerprint density at radius 2 is 2.17 bits per heavy atom. The van der Waals surface area contributed by atoms with Gasteiger partial charge in [0, 0.05) is 19.1 Å². The molecule has 160 valence electrons. The minimum atomic E-state index is -0.855. The molecule has 2 saturated heterocycles. The van der Waals surface area contributed by atoms with E-state index in [2.05, 4.69) is 6.07 Å². The summed E-state index contributed by atoms with van der Waals surface area (Å²) in [6, 6.07) is 6.84. The lowest BCUT2D eigenvalue weighted by atomic mass is 10.0. The number of hydrogen-bond donors (Lipinski definition) is 1. The maximum atomic E-state index is 13.7. The number of urea groups is 1. The van der Waals surface area contributed by atoms with Gasteiger partial charge in [0.1, 0.15) is 17.9 Å². The van der Waals surface area contributed by atoms with Crippen molar-refractivity contribution in [3.8, 4) is 6.07 Å². The summed E-state index contributed by atoms with van der Waals surface area (Å²) < 4.78 is 13.7. The lowest BCUT2D eigenvalue weighted by molar-refractivity contribution is -0.133. The van der Waals surface area contributed by atoms with Gasteiger partial charge in [0.25, 0.3) is 0 Å². The second kappa shape index (κ2) is 7.88. The van der Waals surface area contributed by atoms with Crippen LogP contribution in [-0.4, -0.2) is 63.9 Å². The van der Waals surface area contributed by atoms with Crippen molar-refractivity contribution >= 4 is 11.9 Å². The number of piperidine rings is 1. The van der Waals surface area contributed by atoms with E-state index < -0.39 is 12.1 Å². The first-order valence-corrected chi connectivity index (χ1v) is 10.7. The summed E-state index contributed by atoms with van der Waals surface area (Å²) in [5, 5.41) is 9.34. The van der Waals surface area contributed by atoms with Crippen LogP contribution in [0, 0.1) is 23.1 Å². The van der Waals surface area contributed by atoms with Gasteiger partial charge in [0.2, 0.25) is 5.91 Å². The lowest BCUT2D eigenvalue weighted by Gasteiger charge is -2.30. The number of nitrogens with zero attached hydrogens (tertiary/aromatic N) is 4. The number of halogens is 1. The highest BCUT2D eigenvalue weighted by molar-refractivity contribution is 5.85. The van der Waals surface area contributed by atoms with E-state index in [1.54, 1.807) is 20.8 Å². The smallest absolute Gasteiger partial charge is 0.320 e. The van der Waals surface area contributed by atoms with E-state index in [0.717, 1.165) is 24.8 Å². The summed E-state index contributed by atoms with van der Waals surface area (Å²) in [6.45, 7) is 4.49. The lowest BCUT2D eigenvalue weighted by Crippen LogP contribution is -2.52. The van der Waals surface area contributed by atoms with Crippen molar-refractivity contribution in [2.75, 3.05) is 13.1 Å². The van der Waals surface area contributed by atoms with Crippen LogP contribution in [-0.2, 0) is 4.79 Å². The Labute approximate surface area is 176 Å². The number of carbonyl (C=O) groups excluding carboxylic acids is 2. The number of nitriles is 1. The van der Waals surface area contributed by atoms with Crippen LogP contribution in [0.4, 0.5) is 9.18 Å². The molecule has 6 atom stereocenters. The second-order valence-electron chi connectivity index (χ2n) is 8.68. The molecule has 2 heterocycles. The molecule has 3 amide bonds. The molecule has 3 aliphatic rings. The molecule has 6 unspecified atom stereocenters. The minimum Gasteiger partial charge on any atom is -0.322 e. The SMILES string of the molecule is CCC1CN(CC(N)C(=O)N2C(C#N)CC3CC32)C(=O)N1C(C)c1cccc(F)c1. The summed E-state index contributed by atoms with van der Waals surface area (Å²) in [5.41, 5.74) is 6.95. The van der Waals surface area contributed by atoms with Gasteiger partial charge in [-0.15, -0.1) is 0 Å². The largest absolute Gasteiger partial charge is 0.322 e. The van der Waals surface area contributed by atoms with Crippen molar-refractivity contribution in [1.29, 1.82) is 5.26 Å². The van der Waals surface area contributed by atoms with E-state index >= 15 is 0 Å². The zero-order chi connectivity index (χ0) is 21.6. The predicted octanol–water partition coefficient (Wildman–Crippen LogP) is 2.24. The van der Waals surface area contributed by atoms with Crippen molar-refractivity contribution in [1.82, 2.24) is 14.7 Å². The van der Waals surface area contributed by atoms with Crippen LogP contribution < -0.4 is 5.73 Å². The third-order valence-electron chi connectivity index (χ3n) is 6.78. The molecule has 2 N–H and O–H groups in total. The Morgan fingerprint density at radius 1 is 1.40 bits per heavy atom. The maximum absolute atomic E-state index is 13.7. The van der Waals surface area contributed by atoms with Crippen LogP contribution >= 0.6 is 0 Å². The number of likely N-dealkylation sites (tertiary alicyclic amines) is 1. The Morgan fingerprint density at radius 3 is 2.83 bits per heavy atom. The highest BCUT2D eigenvalue weighted by Gasteiger charge is 2.55. The van der Waals surface area contributed by atoms with E-state index in [1.807, 2.05) is 19.9 Å². The predicted molar refractivity (Wildman–Crippen MR) is 108 cm³/mol. The zero-order valence-electron chi connectivity index (χ0n) is 17.4. The van der Waals surface area contributed by atoms with Gasteiger partial charge in [-0.25, -0.2) is 9.18 Å². The maximum Gasteiger partial charge on any atom is 0.320 e. The molecular weight excluding hydrogens is 385 g/mol. The van der Waals surface area contributed by atoms with Gasteiger partial charge in [0.15, 0.2) is 0 Å². The first-order valence-electron chi connectivity index (χ1n) is 10.7. The van der Waals surface area contributed by atoms with Crippen LogP contribution in [0.1, 0.15) is 44.7 Å². The quantitative estimate of drug-likeness (QED) is 0.774. The topological polar surface area (TPSA) is 93.7 Å². The minimum absolute atomic E-state index is 0.0375. The fourth-order valence-electron chi connectivity index (χ4n) is 5.02. The highest BCUT2D eigenvalue weighted by Crippen LogP contribution is 2.47. The highest BCUT2D eigenvalue weighted by atomic mass is 19.1. The van der Waals surface area contributed by atoms with Gasteiger partial charge in [-0.3, -0.25) is 4.79 Å². The summed E-state index contributed by atoms with van der Waals surface area (Å²) in [7, 11) is 0. The molecule has 7 nitrogen and oxygen atoms in total. The molecule has 4 rings (SSSR count). The van der Waals surface area contributed by atoms with Crippen LogP contribution in [0.25, 0.3) is 0 Å². The van der Waals surface area contributed by atoms with Gasteiger partial charge in [-0.2, -0.15) is 5.26 Å². The molecule has 1 aliphatic carbocycles. The van der Waals surface area contributed by atoms with Gasteiger partial charge in [-0.05, 0) is 49.8 Å². The van der Waals surface area contributed by atoms with Gasteiger partial charge in [-0.1, -0.05) is 19.1 Å². The first-order chi connectivity index (χ1) is 14.3. The molecule has 0 radical (unpaired) electrons. The van der Waals surface area contributed by atoms with E-state index in [-0.39, 0.29) is 42.4 Å². The standard InChI is InChI=1S/C22H28FN5O2/c1-3-17-11-26(22(30)27(17)13(2)14-5-4-6-16(23)7-14)12-19(25)21(29)28-18(10-24)8-15-9-20(15)28/h4-7,13,15,17-20H,3,8-9,11-12,25H2,1-2H3. The third-order valence-corrected chi connectivity index (χ3v) is 6.78. The molecule has 0 aromatic heterocycles. The average molecular weight is 413 g/mol. The van der Waals surface area contributed by atoms with Gasteiger partial charge >= 0.3 is 6.03 Å². The molecule has 3 fully saturated rings. The van der Waals surface area contributed by atoms with Crippen molar-refractivity contribution < 1.29 is 14.0 Å². The number of hydrogen-bond acceptors (Lipinski definition) is 4. The normalized spacial score (nSPS) is 29.6. The van der Waals surface area contributed by atoms with Crippen molar-refractivity contribution in [3.05, 3.63) is 35.6 Å². The Kier molecular flexibility index (Phi) is 5.41. The van der Waals surface area contributed by atoms with Crippen molar-refractivity contribution in [3.63, 3.8) is 0 Å². The van der Waals surface area contributed by atoms with Crippen LogP contribution in [0.15, 0.2) is 24.3 Å². The number of nitrogens with two attached hydrogens (primary N) is 1. The molecule has 8 heteroatoms. The van der Waals surface area contributed by atoms with Crippen molar-refractivity contribution in [2.45, 2.75) is 63.3 Å². The molecule has 1 aromatic carbocycles. The monoisotopic (exact) mass is 413 g/mol. The molecule has 0 bridgehead atoms. The molecule has 2 aliphatic heterocycles. The average Bonchev–Trinajstić information content (AvgIpc) is 3.29. The summed E-state index contributed by atoms with van der Waals surface area (Å²) in [6.07, 6.45) is 2.41. The first kappa shape index (κ1) is 20.6. The van der Waals surface area contributed by atoms with E-state index in [4.69, 9.17) is 5.73 Å². The molecule has 1 aromatic rings. The number of benzene rings is 1. The molecule has 30 heavy (non-hydrogen) atoms. The molecule has 0 spiro atoms. The van der Waals surface area contributed by atoms with Crippen LogP contribution in [0.2, 0.25) is 0 Å². The summed E-state index contributed by atoms with van der Waals surface area (Å²) >= 11 is 0. The Balaban J connectivity index is 1.45. The van der Waals surface area contributed by atoms with Crippen molar-refractivity contribution in [2.24, 2.45) is 11.7 Å². The fourth-order valence-corrected chi connectivity index (χ4v) is 5.02. The summed E-state index contributed by atoms with van der Waals surface area (Å²) in [5.74, 6) is -0.158. The number of fused-ring (bicyclic) bond motifs is 1. The number of rotatable bonds is 6. The van der Waals surface area contributed by atoms with E-state index in [0.29, 0.717) is 12.5 Å². The van der Waals surface area contributed by atoms with Crippen LogP contribution in [0.3, 0.4) is 0 Å². The fraction of sp³-hybridized carbons (Fsp3) is 0.591. The molecular formula is C22H28FN5O2. The third kappa shape index (κ3) is 3.52. The van der Waals surface area contributed by atoms with E-state index in [9.17, 15) is 19.2 Å². The van der Waals surface area contributed by atoms with Gasteiger partial charge in [0.05, 0.1) is 18.2 Å². The summed E-state index contributed by atoms with van der Waals surface area (Å²) in [4.78, 5) is 31.1. The Hall–Kier alpha value is -2.66. The van der Waals surface area contributed by atoms with Gasteiger partial charge < -0.3 is 20.4 Å². The second-order valence-corrected chi connectivity index (χ2v) is 8.68. The number of carbonyl (C=O) groups is 2. The number of amides is 3. The zero-order valence-corrected chi connectivity index (χ0v) is 17.4.